The number of benzene rings is 1. The zero-order valence-corrected chi connectivity index (χ0v) is 12.1. The molecular formula is C14H15BrO4. The summed E-state index contributed by atoms with van der Waals surface area (Å²) < 4.78 is 17.4. The van der Waals surface area contributed by atoms with Crippen LogP contribution in [0.4, 0.5) is 0 Å². The minimum Gasteiger partial charge on any atom is -0.490 e. The van der Waals surface area contributed by atoms with Crippen molar-refractivity contribution in [3.63, 3.8) is 0 Å². The molecule has 1 atom stereocenters. The summed E-state index contributed by atoms with van der Waals surface area (Å²) in [5.41, 5.74) is 0.608. The summed E-state index contributed by atoms with van der Waals surface area (Å²) in [6.07, 6.45) is 2.26. The molecule has 1 fully saturated rings. The van der Waals surface area contributed by atoms with Gasteiger partial charge in [0.25, 0.3) is 0 Å². The molecule has 0 N–H and O–H groups in total. The molecule has 4 nitrogen and oxygen atoms in total. The second kappa shape index (κ2) is 5.51. The Labute approximate surface area is 120 Å². The lowest BCUT2D eigenvalue weighted by molar-refractivity contribution is 0.0641. The summed E-state index contributed by atoms with van der Waals surface area (Å²) in [5.74, 6) is 1.34. The minimum atomic E-state index is -0.318. The average Bonchev–Trinajstić information content (AvgIpc) is 2.84. The standard InChI is InChI=1S/C14H15BrO4/c15-10-8-13-12(18-5-2-6-19-13)7-9(10)14(16)11-3-1-4-17-11/h7-8,11H,1-6H2. The summed E-state index contributed by atoms with van der Waals surface area (Å²) in [4.78, 5) is 12.4. The molecule has 5 heteroatoms. The van der Waals surface area contributed by atoms with Gasteiger partial charge in [-0.2, -0.15) is 0 Å². The number of ketones is 1. The number of hydrogen-bond acceptors (Lipinski definition) is 4. The van der Waals surface area contributed by atoms with Crippen molar-refractivity contribution in [3.8, 4) is 11.5 Å². The number of fused-ring (bicyclic) bond motifs is 1. The number of carbonyl (C=O) groups excluding carboxylic acids is 1. The van der Waals surface area contributed by atoms with Crippen LogP contribution in [0.2, 0.25) is 0 Å². The van der Waals surface area contributed by atoms with E-state index in [0.29, 0.717) is 36.9 Å². The highest BCUT2D eigenvalue weighted by Crippen LogP contribution is 2.36. The van der Waals surface area contributed by atoms with E-state index in [-0.39, 0.29) is 11.9 Å². The van der Waals surface area contributed by atoms with Gasteiger partial charge in [-0.05, 0) is 40.9 Å². The Hall–Kier alpha value is -1.07. The van der Waals surface area contributed by atoms with Crippen molar-refractivity contribution >= 4 is 21.7 Å². The molecule has 0 radical (unpaired) electrons. The summed E-state index contributed by atoms with van der Waals surface area (Å²) in [5, 5.41) is 0. The summed E-state index contributed by atoms with van der Waals surface area (Å²) >= 11 is 3.44. The average molecular weight is 327 g/mol. The molecule has 3 rings (SSSR count). The van der Waals surface area contributed by atoms with Crippen LogP contribution in [-0.2, 0) is 4.74 Å². The molecule has 0 aromatic heterocycles. The number of hydrogen-bond donors (Lipinski definition) is 0. The van der Waals surface area contributed by atoms with Gasteiger partial charge in [0, 0.05) is 23.1 Å². The van der Waals surface area contributed by atoms with Crippen molar-refractivity contribution in [2.45, 2.75) is 25.4 Å². The van der Waals surface area contributed by atoms with Gasteiger partial charge in [-0.1, -0.05) is 0 Å². The van der Waals surface area contributed by atoms with Crippen LogP contribution in [0.3, 0.4) is 0 Å². The molecule has 19 heavy (non-hydrogen) atoms. The van der Waals surface area contributed by atoms with Crippen LogP contribution in [0.25, 0.3) is 0 Å². The molecule has 0 saturated carbocycles. The smallest absolute Gasteiger partial charge is 0.192 e. The summed E-state index contributed by atoms with van der Waals surface area (Å²) in [6, 6.07) is 3.57. The van der Waals surface area contributed by atoms with E-state index in [1.54, 1.807) is 6.07 Å². The van der Waals surface area contributed by atoms with E-state index in [1.165, 1.54) is 0 Å². The van der Waals surface area contributed by atoms with Crippen LogP contribution in [-0.4, -0.2) is 31.7 Å². The van der Waals surface area contributed by atoms with E-state index in [4.69, 9.17) is 14.2 Å². The lowest BCUT2D eigenvalue weighted by Gasteiger charge is -2.13. The zero-order chi connectivity index (χ0) is 13.2. The number of carbonyl (C=O) groups is 1. The Balaban J connectivity index is 1.92. The first-order valence-corrected chi connectivity index (χ1v) is 7.30. The van der Waals surface area contributed by atoms with Gasteiger partial charge in [0.15, 0.2) is 17.3 Å². The van der Waals surface area contributed by atoms with Crippen LogP contribution >= 0.6 is 15.9 Å². The molecule has 0 spiro atoms. The van der Waals surface area contributed by atoms with Crippen LogP contribution in [0.5, 0.6) is 11.5 Å². The molecule has 0 bridgehead atoms. The highest BCUT2D eigenvalue weighted by molar-refractivity contribution is 9.10. The molecule has 102 valence electrons. The molecule has 0 amide bonds. The van der Waals surface area contributed by atoms with Crippen LogP contribution < -0.4 is 9.47 Å². The Morgan fingerprint density at radius 1 is 1.11 bits per heavy atom. The predicted octanol–water partition coefficient (Wildman–Crippen LogP) is 2.97. The van der Waals surface area contributed by atoms with E-state index < -0.39 is 0 Å². The van der Waals surface area contributed by atoms with Gasteiger partial charge in [0.2, 0.25) is 0 Å². The summed E-state index contributed by atoms with van der Waals surface area (Å²) in [6.45, 7) is 1.92. The van der Waals surface area contributed by atoms with Gasteiger partial charge in [0.05, 0.1) is 13.2 Å². The SMILES string of the molecule is O=C(c1cc2c(cc1Br)OCCCO2)C1CCCO1. The van der Waals surface area contributed by atoms with Crippen molar-refractivity contribution in [3.05, 3.63) is 22.2 Å². The molecule has 1 aromatic carbocycles. The van der Waals surface area contributed by atoms with E-state index in [9.17, 15) is 4.79 Å². The van der Waals surface area contributed by atoms with Gasteiger partial charge in [0.1, 0.15) is 6.10 Å². The highest BCUT2D eigenvalue weighted by atomic mass is 79.9. The number of rotatable bonds is 2. The Bertz CT molecular complexity index is 494. The fraction of sp³-hybridized carbons (Fsp3) is 0.500. The fourth-order valence-electron chi connectivity index (χ4n) is 2.33. The normalized spacial score (nSPS) is 22.1. The topological polar surface area (TPSA) is 44.8 Å². The lowest BCUT2D eigenvalue weighted by atomic mass is 10.0. The van der Waals surface area contributed by atoms with E-state index in [2.05, 4.69) is 15.9 Å². The van der Waals surface area contributed by atoms with E-state index >= 15 is 0 Å². The molecular weight excluding hydrogens is 312 g/mol. The van der Waals surface area contributed by atoms with Crippen molar-refractivity contribution < 1.29 is 19.0 Å². The Kier molecular flexibility index (Phi) is 3.75. The summed E-state index contributed by atoms with van der Waals surface area (Å²) in [7, 11) is 0. The van der Waals surface area contributed by atoms with Crippen molar-refractivity contribution in [2.75, 3.05) is 19.8 Å². The van der Waals surface area contributed by atoms with Crippen LogP contribution in [0.1, 0.15) is 29.6 Å². The monoisotopic (exact) mass is 326 g/mol. The first-order chi connectivity index (χ1) is 9.25. The Morgan fingerprint density at radius 2 is 1.84 bits per heavy atom. The number of Topliss-reactive ketones (excluding diaryl/α,β-unsaturated/α-hetero) is 1. The van der Waals surface area contributed by atoms with Crippen molar-refractivity contribution in [1.82, 2.24) is 0 Å². The van der Waals surface area contributed by atoms with Crippen LogP contribution in [0, 0.1) is 0 Å². The van der Waals surface area contributed by atoms with Gasteiger partial charge in [-0.25, -0.2) is 0 Å². The van der Waals surface area contributed by atoms with E-state index in [0.717, 1.165) is 23.7 Å². The van der Waals surface area contributed by atoms with Gasteiger partial charge < -0.3 is 14.2 Å². The second-order valence-corrected chi connectivity index (χ2v) is 5.55. The quantitative estimate of drug-likeness (QED) is 0.784. The largest absolute Gasteiger partial charge is 0.490 e. The molecule has 1 saturated heterocycles. The third-order valence-electron chi connectivity index (χ3n) is 3.32. The van der Waals surface area contributed by atoms with Gasteiger partial charge in [-0.15, -0.1) is 0 Å². The molecule has 0 aliphatic carbocycles. The minimum absolute atomic E-state index is 0.0139. The number of ether oxygens (including phenoxy) is 3. The number of halogens is 1. The highest BCUT2D eigenvalue weighted by Gasteiger charge is 2.27. The molecule has 2 aliphatic heterocycles. The maximum Gasteiger partial charge on any atom is 0.192 e. The molecule has 1 aromatic rings. The maximum absolute atomic E-state index is 12.4. The Morgan fingerprint density at radius 3 is 2.53 bits per heavy atom. The van der Waals surface area contributed by atoms with Gasteiger partial charge in [-0.3, -0.25) is 4.79 Å². The first-order valence-electron chi connectivity index (χ1n) is 6.50. The van der Waals surface area contributed by atoms with Crippen molar-refractivity contribution in [2.24, 2.45) is 0 Å². The van der Waals surface area contributed by atoms with Gasteiger partial charge >= 0.3 is 0 Å². The predicted molar refractivity (Wildman–Crippen MR) is 73.1 cm³/mol. The molecule has 2 heterocycles. The third-order valence-corrected chi connectivity index (χ3v) is 3.98. The van der Waals surface area contributed by atoms with Crippen LogP contribution in [0.15, 0.2) is 16.6 Å². The second-order valence-electron chi connectivity index (χ2n) is 4.70. The zero-order valence-electron chi connectivity index (χ0n) is 10.5. The van der Waals surface area contributed by atoms with Crippen molar-refractivity contribution in [1.29, 1.82) is 0 Å². The van der Waals surface area contributed by atoms with E-state index in [1.807, 2.05) is 6.07 Å². The first kappa shape index (κ1) is 12.9. The molecule has 1 unspecified atom stereocenters. The molecule has 2 aliphatic rings. The maximum atomic E-state index is 12.4. The fourth-order valence-corrected chi connectivity index (χ4v) is 2.85. The third kappa shape index (κ3) is 2.62. The lowest BCUT2D eigenvalue weighted by Crippen LogP contribution is -2.20.